The van der Waals surface area contributed by atoms with Crippen molar-refractivity contribution in [1.29, 1.82) is 0 Å². The van der Waals surface area contributed by atoms with Crippen molar-refractivity contribution in [2.45, 2.75) is 35.7 Å². The molecule has 0 aromatic heterocycles. The second kappa shape index (κ2) is 7.11. The van der Waals surface area contributed by atoms with Gasteiger partial charge in [0.25, 0.3) is 0 Å². The van der Waals surface area contributed by atoms with Crippen LogP contribution >= 0.6 is 0 Å². The van der Waals surface area contributed by atoms with Gasteiger partial charge >= 0.3 is 0 Å². The molecule has 1 aliphatic heterocycles. The minimum absolute atomic E-state index is 0.116. The average Bonchev–Trinajstić information content (AvgIpc) is 2.64. The highest BCUT2D eigenvalue weighted by Gasteiger charge is 2.41. The molecule has 2 atom stereocenters. The number of nitrogens with zero attached hydrogens (tertiary/aromatic N) is 2. The second-order valence-corrected chi connectivity index (χ2v) is 10.3. The molecule has 0 bridgehead atoms. The molecule has 0 aliphatic carbocycles. The van der Waals surface area contributed by atoms with Gasteiger partial charge in [-0.1, -0.05) is 36.4 Å². The predicted octanol–water partition coefficient (Wildman–Crippen LogP) is 2.16. The molecule has 26 heavy (non-hydrogen) atoms. The smallest absolute Gasteiger partial charge is 0.207 e. The van der Waals surface area contributed by atoms with E-state index >= 15 is 0 Å². The highest BCUT2D eigenvalue weighted by Crippen LogP contribution is 2.27. The third-order valence-electron chi connectivity index (χ3n) is 4.57. The van der Waals surface area contributed by atoms with Crippen molar-refractivity contribution in [2.24, 2.45) is 0 Å². The maximum atomic E-state index is 12.9. The van der Waals surface area contributed by atoms with E-state index in [4.69, 9.17) is 0 Å². The van der Waals surface area contributed by atoms with Crippen LogP contribution in [-0.4, -0.2) is 50.6 Å². The molecule has 0 amide bonds. The van der Waals surface area contributed by atoms with Gasteiger partial charge in [0.1, 0.15) is 0 Å². The van der Waals surface area contributed by atoms with Crippen LogP contribution in [0.1, 0.15) is 13.8 Å². The number of sulfonamides is 2. The van der Waals surface area contributed by atoms with E-state index in [1.165, 1.54) is 8.61 Å². The lowest BCUT2D eigenvalue weighted by molar-refractivity contribution is 0.164. The lowest BCUT2D eigenvalue weighted by Gasteiger charge is -2.42. The van der Waals surface area contributed by atoms with Gasteiger partial charge in [-0.05, 0) is 38.1 Å². The first-order chi connectivity index (χ1) is 12.2. The standard InChI is InChI=1S/C18H22N2O4S2/c1-15-13-20(26(23,24)18-11-7-4-8-12-18)16(2)14-19(15)25(21,22)17-9-5-3-6-10-17/h3-12,15-16H,13-14H2,1-2H3/t15-,16+. The molecule has 0 saturated carbocycles. The van der Waals surface area contributed by atoms with Gasteiger partial charge in [0, 0.05) is 25.2 Å². The Kier molecular flexibility index (Phi) is 5.21. The van der Waals surface area contributed by atoms with E-state index in [0.29, 0.717) is 0 Å². The average molecular weight is 395 g/mol. The van der Waals surface area contributed by atoms with Crippen molar-refractivity contribution < 1.29 is 16.8 Å². The molecule has 1 heterocycles. The van der Waals surface area contributed by atoms with Crippen LogP contribution in [0.4, 0.5) is 0 Å². The van der Waals surface area contributed by atoms with Crippen LogP contribution in [0.5, 0.6) is 0 Å². The molecule has 6 nitrogen and oxygen atoms in total. The topological polar surface area (TPSA) is 74.8 Å². The zero-order chi connectivity index (χ0) is 18.9. The third kappa shape index (κ3) is 3.42. The Morgan fingerprint density at radius 2 is 0.962 bits per heavy atom. The van der Waals surface area contributed by atoms with E-state index in [1.54, 1.807) is 74.5 Å². The zero-order valence-corrected chi connectivity index (χ0v) is 16.3. The van der Waals surface area contributed by atoms with Gasteiger partial charge in [-0.25, -0.2) is 16.8 Å². The summed E-state index contributed by atoms with van der Waals surface area (Å²) in [5.74, 6) is 0. The fourth-order valence-corrected chi connectivity index (χ4v) is 6.64. The van der Waals surface area contributed by atoms with E-state index in [1.807, 2.05) is 0 Å². The normalized spacial score (nSPS) is 23.0. The number of rotatable bonds is 4. The molecule has 2 aromatic rings. The number of hydrogen-bond acceptors (Lipinski definition) is 4. The summed E-state index contributed by atoms with van der Waals surface area (Å²) in [7, 11) is -7.33. The Morgan fingerprint density at radius 3 is 1.27 bits per heavy atom. The largest absolute Gasteiger partial charge is 0.243 e. The summed E-state index contributed by atoms with van der Waals surface area (Å²) in [4.78, 5) is 0.442. The molecule has 1 fully saturated rings. The molecular formula is C18H22N2O4S2. The second-order valence-electron chi connectivity index (χ2n) is 6.47. The molecule has 0 spiro atoms. The Morgan fingerprint density at radius 1 is 0.654 bits per heavy atom. The lowest BCUT2D eigenvalue weighted by atomic mass is 10.2. The van der Waals surface area contributed by atoms with Crippen LogP contribution in [-0.2, 0) is 20.0 Å². The van der Waals surface area contributed by atoms with Crippen LogP contribution in [0.2, 0.25) is 0 Å². The fourth-order valence-electron chi connectivity index (χ4n) is 3.19. The summed E-state index contributed by atoms with van der Waals surface area (Å²) in [5.41, 5.74) is 0. The molecule has 2 aromatic carbocycles. The predicted molar refractivity (Wildman–Crippen MR) is 99.6 cm³/mol. The number of benzene rings is 2. The summed E-state index contributed by atoms with van der Waals surface area (Å²) < 4.78 is 54.5. The summed E-state index contributed by atoms with van der Waals surface area (Å²) in [5, 5.41) is 0. The van der Waals surface area contributed by atoms with E-state index in [9.17, 15) is 16.8 Å². The van der Waals surface area contributed by atoms with Crippen LogP contribution < -0.4 is 0 Å². The lowest BCUT2D eigenvalue weighted by Crippen LogP contribution is -2.59. The SMILES string of the molecule is C[C@@H]1CN(S(=O)(=O)c2ccccc2)[C@@H](C)CN1S(=O)(=O)c1ccccc1. The molecule has 0 N–H and O–H groups in total. The first-order valence-electron chi connectivity index (χ1n) is 8.38. The molecule has 0 unspecified atom stereocenters. The summed E-state index contributed by atoms with van der Waals surface area (Å²) in [6.07, 6.45) is 0. The minimum Gasteiger partial charge on any atom is -0.207 e. The fraction of sp³-hybridized carbons (Fsp3) is 0.333. The molecule has 1 aliphatic rings. The van der Waals surface area contributed by atoms with Crippen LogP contribution in [0.15, 0.2) is 70.5 Å². The summed E-state index contributed by atoms with van der Waals surface area (Å²) in [6.45, 7) is 3.70. The van der Waals surface area contributed by atoms with E-state index in [0.717, 1.165) is 0 Å². The third-order valence-corrected chi connectivity index (χ3v) is 8.56. The van der Waals surface area contributed by atoms with Gasteiger partial charge in [-0.2, -0.15) is 8.61 Å². The Labute approximate surface area is 155 Å². The molecule has 140 valence electrons. The first kappa shape index (κ1) is 19.0. The highest BCUT2D eigenvalue weighted by atomic mass is 32.2. The van der Waals surface area contributed by atoms with E-state index < -0.39 is 32.1 Å². The summed E-state index contributed by atoms with van der Waals surface area (Å²) >= 11 is 0. The highest BCUT2D eigenvalue weighted by molar-refractivity contribution is 7.89. The quantitative estimate of drug-likeness (QED) is 0.796. The van der Waals surface area contributed by atoms with Crippen molar-refractivity contribution in [3.63, 3.8) is 0 Å². The maximum absolute atomic E-state index is 12.9. The van der Waals surface area contributed by atoms with Crippen LogP contribution in [0.3, 0.4) is 0 Å². The van der Waals surface area contributed by atoms with E-state index in [-0.39, 0.29) is 22.9 Å². The Bertz CT molecular complexity index is 879. The van der Waals surface area contributed by atoms with Gasteiger partial charge in [0.05, 0.1) is 9.79 Å². The van der Waals surface area contributed by atoms with Gasteiger partial charge < -0.3 is 0 Å². The number of hydrogen-bond donors (Lipinski definition) is 0. The summed E-state index contributed by atoms with van der Waals surface area (Å²) in [6, 6.07) is 15.5. The molecular weight excluding hydrogens is 372 g/mol. The maximum Gasteiger partial charge on any atom is 0.243 e. The van der Waals surface area contributed by atoms with Gasteiger partial charge in [-0.3, -0.25) is 0 Å². The zero-order valence-electron chi connectivity index (χ0n) is 14.7. The molecule has 0 radical (unpaired) electrons. The van der Waals surface area contributed by atoms with Crippen LogP contribution in [0.25, 0.3) is 0 Å². The van der Waals surface area contributed by atoms with Gasteiger partial charge in [0.2, 0.25) is 20.0 Å². The van der Waals surface area contributed by atoms with Crippen molar-refractivity contribution in [3.05, 3.63) is 60.7 Å². The number of piperazine rings is 1. The minimum atomic E-state index is -3.67. The van der Waals surface area contributed by atoms with Crippen LogP contribution in [0, 0.1) is 0 Å². The van der Waals surface area contributed by atoms with Crippen molar-refractivity contribution in [3.8, 4) is 0 Å². The van der Waals surface area contributed by atoms with Crippen molar-refractivity contribution >= 4 is 20.0 Å². The molecule has 1 saturated heterocycles. The van der Waals surface area contributed by atoms with Crippen molar-refractivity contribution in [2.75, 3.05) is 13.1 Å². The van der Waals surface area contributed by atoms with Crippen molar-refractivity contribution in [1.82, 2.24) is 8.61 Å². The monoisotopic (exact) mass is 394 g/mol. The first-order valence-corrected chi connectivity index (χ1v) is 11.3. The van der Waals surface area contributed by atoms with Gasteiger partial charge in [-0.15, -0.1) is 0 Å². The Balaban J connectivity index is 1.89. The van der Waals surface area contributed by atoms with E-state index in [2.05, 4.69) is 0 Å². The molecule has 3 rings (SSSR count). The Hall–Kier alpha value is -1.74. The van der Waals surface area contributed by atoms with Gasteiger partial charge in [0.15, 0.2) is 0 Å². The molecule has 8 heteroatoms.